The lowest BCUT2D eigenvalue weighted by Crippen LogP contribution is -2.51. The van der Waals surface area contributed by atoms with Gasteiger partial charge in [-0.3, -0.25) is 4.79 Å². The predicted molar refractivity (Wildman–Crippen MR) is 86.8 cm³/mol. The van der Waals surface area contributed by atoms with E-state index >= 15 is 0 Å². The average Bonchev–Trinajstić information content (AvgIpc) is 2.47. The van der Waals surface area contributed by atoms with Crippen LogP contribution >= 0.6 is 11.8 Å². The van der Waals surface area contributed by atoms with Crippen molar-refractivity contribution in [1.82, 2.24) is 10.2 Å². The number of hydrogen-bond acceptors (Lipinski definition) is 3. The van der Waals surface area contributed by atoms with Crippen LogP contribution in [0, 0.1) is 5.41 Å². The highest BCUT2D eigenvalue weighted by Gasteiger charge is 2.31. The minimum absolute atomic E-state index is 0.0523. The molecule has 0 aromatic carbocycles. The van der Waals surface area contributed by atoms with Gasteiger partial charge in [-0.25, -0.2) is 4.79 Å². The maximum atomic E-state index is 12.4. The largest absolute Gasteiger partial charge is 0.481 e. The molecule has 1 atom stereocenters. The molecular weight excluding hydrogens is 288 g/mol. The van der Waals surface area contributed by atoms with Gasteiger partial charge in [0.05, 0.1) is 6.42 Å². The number of thioether (sulfide) groups is 1. The number of carboxylic acid groups (broad SMARTS) is 1. The molecule has 1 fully saturated rings. The minimum Gasteiger partial charge on any atom is -0.481 e. The molecule has 2 N–H and O–H groups in total. The Morgan fingerprint density at radius 1 is 1.33 bits per heavy atom. The maximum Gasteiger partial charge on any atom is 0.317 e. The molecule has 0 aromatic rings. The first-order valence-corrected chi connectivity index (χ1v) is 8.41. The highest BCUT2D eigenvalue weighted by molar-refractivity contribution is 8.00. The maximum absolute atomic E-state index is 12.4. The number of carbonyl (C=O) groups excluding carboxylic acids is 1. The third-order valence-corrected chi connectivity index (χ3v) is 5.22. The van der Waals surface area contributed by atoms with Gasteiger partial charge in [0.15, 0.2) is 0 Å². The number of hydrogen-bond donors (Lipinski definition) is 2. The van der Waals surface area contributed by atoms with E-state index in [0.717, 1.165) is 18.7 Å². The van der Waals surface area contributed by atoms with Crippen LogP contribution in [0.25, 0.3) is 0 Å². The van der Waals surface area contributed by atoms with Gasteiger partial charge in [-0.15, -0.1) is 0 Å². The molecule has 122 valence electrons. The van der Waals surface area contributed by atoms with Crippen LogP contribution in [0.5, 0.6) is 0 Å². The summed E-state index contributed by atoms with van der Waals surface area (Å²) in [6.07, 6.45) is 0.896. The second kappa shape index (κ2) is 6.90. The molecule has 2 amide bonds. The van der Waals surface area contributed by atoms with Crippen molar-refractivity contribution in [2.45, 2.75) is 58.2 Å². The number of amides is 2. The standard InChI is InChI=1S/C15H28N2O3S/c1-14(2,3)11(10-12(18)19)16-13(20)17-7-6-15(4,5)21-9-8-17/h11H,6-10H2,1-5H3,(H,16,20)(H,18,19). The molecule has 5 nitrogen and oxygen atoms in total. The van der Waals surface area contributed by atoms with Crippen molar-refractivity contribution < 1.29 is 14.7 Å². The summed E-state index contributed by atoms with van der Waals surface area (Å²) in [5.41, 5.74) is -0.284. The van der Waals surface area contributed by atoms with Crippen molar-refractivity contribution in [2.75, 3.05) is 18.8 Å². The fourth-order valence-electron chi connectivity index (χ4n) is 2.21. The summed E-state index contributed by atoms with van der Waals surface area (Å²) in [5.74, 6) is 0.0299. The Hall–Kier alpha value is -0.910. The Morgan fingerprint density at radius 2 is 1.95 bits per heavy atom. The molecule has 1 aliphatic rings. The number of nitrogens with one attached hydrogen (secondary N) is 1. The molecule has 1 aliphatic heterocycles. The van der Waals surface area contributed by atoms with Crippen LogP contribution in [0.3, 0.4) is 0 Å². The average molecular weight is 316 g/mol. The van der Waals surface area contributed by atoms with E-state index < -0.39 is 5.97 Å². The van der Waals surface area contributed by atoms with Crippen LogP contribution in [-0.2, 0) is 4.79 Å². The number of carbonyl (C=O) groups is 2. The minimum atomic E-state index is -0.886. The van der Waals surface area contributed by atoms with Crippen molar-refractivity contribution in [1.29, 1.82) is 0 Å². The van der Waals surface area contributed by atoms with Crippen LogP contribution in [-0.4, -0.2) is 51.6 Å². The molecule has 1 rings (SSSR count). The predicted octanol–water partition coefficient (Wildman–Crippen LogP) is 2.80. The molecule has 0 radical (unpaired) electrons. The van der Waals surface area contributed by atoms with Crippen LogP contribution in [0.1, 0.15) is 47.5 Å². The van der Waals surface area contributed by atoms with Gasteiger partial charge in [0.2, 0.25) is 0 Å². The van der Waals surface area contributed by atoms with Gasteiger partial charge in [0, 0.05) is 29.6 Å². The summed E-state index contributed by atoms with van der Waals surface area (Å²) in [5, 5.41) is 11.9. The van der Waals surface area contributed by atoms with Gasteiger partial charge in [-0.05, 0) is 11.8 Å². The van der Waals surface area contributed by atoms with E-state index in [-0.39, 0.29) is 28.7 Å². The van der Waals surface area contributed by atoms with Crippen molar-refractivity contribution in [3.8, 4) is 0 Å². The van der Waals surface area contributed by atoms with E-state index in [1.807, 2.05) is 37.4 Å². The second-order valence-electron chi connectivity index (χ2n) is 7.31. The summed E-state index contributed by atoms with van der Waals surface area (Å²) in [7, 11) is 0. The topological polar surface area (TPSA) is 69.6 Å². The summed E-state index contributed by atoms with van der Waals surface area (Å²) in [6, 6.07) is -0.513. The Labute approximate surface area is 131 Å². The monoisotopic (exact) mass is 316 g/mol. The van der Waals surface area contributed by atoms with Gasteiger partial charge in [-0.2, -0.15) is 11.8 Å². The van der Waals surface area contributed by atoms with Crippen LogP contribution in [0.4, 0.5) is 4.79 Å². The van der Waals surface area contributed by atoms with E-state index in [1.54, 1.807) is 0 Å². The molecule has 1 saturated heterocycles. The van der Waals surface area contributed by atoms with Crippen molar-refractivity contribution in [3.63, 3.8) is 0 Å². The van der Waals surface area contributed by atoms with E-state index in [9.17, 15) is 9.59 Å². The lowest BCUT2D eigenvalue weighted by atomic mass is 9.85. The molecule has 1 unspecified atom stereocenters. The van der Waals surface area contributed by atoms with Gasteiger partial charge in [0.25, 0.3) is 0 Å². The Kier molecular flexibility index (Phi) is 5.96. The molecule has 0 bridgehead atoms. The molecule has 0 spiro atoms. The lowest BCUT2D eigenvalue weighted by Gasteiger charge is -2.32. The fourth-order valence-corrected chi connectivity index (χ4v) is 3.31. The van der Waals surface area contributed by atoms with Gasteiger partial charge < -0.3 is 15.3 Å². The smallest absolute Gasteiger partial charge is 0.317 e. The number of carboxylic acids is 1. The van der Waals surface area contributed by atoms with Crippen molar-refractivity contribution in [3.05, 3.63) is 0 Å². The van der Waals surface area contributed by atoms with Gasteiger partial charge in [0.1, 0.15) is 0 Å². The first kappa shape index (κ1) is 18.1. The van der Waals surface area contributed by atoms with Crippen molar-refractivity contribution >= 4 is 23.8 Å². The van der Waals surface area contributed by atoms with E-state index in [4.69, 9.17) is 5.11 Å². The highest BCUT2D eigenvalue weighted by Crippen LogP contribution is 2.30. The van der Waals surface area contributed by atoms with Crippen molar-refractivity contribution in [2.24, 2.45) is 5.41 Å². The molecule has 21 heavy (non-hydrogen) atoms. The number of rotatable bonds is 3. The molecule has 6 heteroatoms. The Morgan fingerprint density at radius 3 is 2.48 bits per heavy atom. The SMILES string of the molecule is CC1(C)CCN(C(=O)NC(CC(=O)O)C(C)(C)C)CCS1. The number of nitrogens with zero attached hydrogens (tertiary/aromatic N) is 1. The zero-order valence-corrected chi connectivity index (χ0v) is 14.5. The normalized spacial score (nSPS) is 20.5. The molecule has 0 aromatic heterocycles. The van der Waals surface area contributed by atoms with Crippen LogP contribution < -0.4 is 5.32 Å². The third kappa shape index (κ3) is 6.16. The number of urea groups is 1. The highest BCUT2D eigenvalue weighted by atomic mass is 32.2. The molecule has 1 heterocycles. The molecular formula is C15H28N2O3S. The summed E-state index contributed by atoms with van der Waals surface area (Å²) in [4.78, 5) is 25.2. The number of aliphatic carboxylic acids is 1. The van der Waals surface area contributed by atoms with Gasteiger partial charge >= 0.3 is 12.0 Å². The zero-order valence-electron chi connectivity index (χ0n) is 13.7. The van der Waals surface area contributed by atoms with Gasteiger partial charge in [-0.1, -0.05) is 34.6 Å². The van der Waals surface area contributed by atoms with E-state index in [0.29, 0.717) is 6.54 Å². The van der Waals surface area contributed by atoms with E-state index in [2.05, 4.69) is 19.2 Å². The summed E-state index contributed by atoms with van der Waals surface area (Å²) >= 11 is 1.88. The first-order valence-electron chi connectivity index (χ1n) is 7.42. The zero-order chi connectivity index (χ0) is 16.3. The fraction of sp³-hybridized carbons (Fsp3) is 0.867. The van der Waals surface area contributed by atoms with Crippen LogP contribution in [0.2, 0.25) is 0 Å². The lowest BCUT2D eigenvalue weighted by molar-refractivity contribution is -0.138. The third-order valence-electron chi connectivity index (χ3n) is 3.85. The Balaban J connectivity index is 2.67. The summed E-state index contributed by atoms with van der Waals surface area (Å²) < 4.78 is 0.194. The molecule has 0 aliphatic carbocycles. The molecule has 0 saturated carbocycles. The van der Waals surface area contributed by atoms with E-state index in [1.165, 1.54) is 0 Å². The first-order chi connectivity index (χ1) is 9.51. The Bertz CT molecular complexity index is 391. The summed E-state index contributed by atoms with van der Waals surface area (Å²) in [6.45, 7) is 11.7. The van der Waals surface area contributed by atoms with Crippen LogP contribution in [0.15, 0.2) is 0 Å². The second-order valence-corrected chi connectivity index (χ2v) is 9.11. The quantitative estimate of drug-likeness (QED) is 0.840.